The van der Waals surface area contributed by atoms with Crippen LogP contribution in [0, 0.1) is 11.8 Å². The Kier molecular flexibility index (Phi) is 12.9. The third-order valence-electron chi connectivity index (χ3n) is 8.32. The molecule has 5 atom stereocenters. The number of hydrogen-bond donors (Lipinski definition) is 1. The van der Waals surface area contributed by atoms with Gasteiger partial charge in [0.25, 0.3) is 0 Å². The molecule has 10 nitrogen and oxygen atoms in total. The third kappa shape index (κ3) is 10.5. The van der Waals surface area contributed by atoms with Crippen LogP contribution < -0.4 is 0 Å². The van der Waals surface area contributed by atoms with Crippen molar-refractivity contribution in [2.45, 2.75) is 84.0 Å². The van der Waals surface area contributed by atoms with Crippen LogP contribution in [0.2, 0.25) is 0 Å². The van der Waals surface area contributed by atoms with E-state index in [1.54, 1.807) is 22.8 Å². The minimum atomic E-state index is -1.28. The van der Waals surface area contributed by atoms with Crippen LogP contribution in [0.5, 0.6) is 0 Å². The number of likely N-dealkylation sites (N-methyl/N-ethyl adjacent to an activating group) is 1. The second-order valence-electron chi connectivity index (χ2n) is 12.4. The van der Waals surface area contributed by atoms with Crippen LogP contribution in [0.3, 0.4) is 0 Å². The van der Waals surface area contributed by atoms with Gasteiger partial charge in [-0.25, -0.2) is 9.59 Å². The molecule has 0 radical (unpaired) electrons. The molecule has 0 saturated carbocycles. The Morgan fingerprint density at radius 2 is 1.74 bits per heavy atom. The zero-order valence-corrected chi connectivity index (χ0v) is 26.1. The molecule has 2 fully saturated rings. The number of ether oxygens (including phenoxy) is 3. The summed E-state index contributed by atoms with van der Waals surface area (Å²) in [6.07, 6.45) is 11.2. The molecule has 0 bridgehead atoms. The van der Waals surface area contributed by atoms with Crippen molar-refractivity contribution in [3.05, 3.63) is 36.0 Å². The van der Waals surface area contributed by atoms with Crippen LogP contribution in [0.4, 0.5) is 9.59 Å². The van der Waals surface area contributed by atoms with Gasteiger partial charge in [-0.3, -0.25) is 4.79 Å². The second-order valence-corrected chi connectivity index (χ2v) is 12.4. The fraction of sp³-hybridized carbons (Fsp3) is 0.719. The van der Waals surface area contributed by atoms with Crippen LogP contribution >= 0.6 is 0 Å². The molecule has 3 rings (SSSR count). The summed E-state index contributed by atoms with van der Waals surface area (Å²) in [6.45, 7) is 12.1. The van der Waals surface area contributed by atoms with Gasteiger partial charge in [-0.1, -0.05) is 38.2 Å². The van der Waals surface area contributed by atoms with Crippen molar-refractivity contribution in [2.75, 3.05) is 52.9 Å². The van der Waals surface area contributed by atoms with Crippen molar-refractivity contribution in [3.8, 4) is 0 Å². The Bertz CT molecular complexity index is 994. The number of hydrogen-bond acceptors (Lipinski definition) is 8. The average molecular weight is 590 g/mol. The van der Waals surface area contributed by atoms with E-state index in [2.05, 4.69) is 4.90 Å². The number of amides is 2. The molecule has 10 heteroatoms. The summed E-state index contributed by atoms with van der Waals surface area (Å²) in [5, 5.41) is 11.3. The molecule has 0 unspecified atom stereocenters. The maximum atomic E-state index is 13.0. The van der Waals surface area contributed by atoms with Crippen molar-refractivity contribution >= 4 is 18.2 Å². The topological polar surface area (TPSA) is 109 Å². The zero-order chi connectivity index (χ0) is 30.7. The van der Waals surface area contributed by atoms with Crippen molar-refractivity contribution in [2.24, 2.45) is 11.8 Å². The van der Waals surface area contributed by atoms with Gasteiger partial charge in [-0.05, 0) is 64.6 Å². The summed E-state index contributed by atoms with van der Waals surface area (Å²) < 4.78 is 17.2. The van der Waals surface area contributed by atoms with E-state index in [-0.39, 0.29) is 30.3 Å². The number of cyclic esters (lactones) is 1. The summed E-state index contributed by atoms with van der Waals surface area (Å²) in [6, 6.07) is 0. The van der Waals surface area contributed by atoms with Gasteiger partial charge in [-0.15, -0.1) is 0 Å². The van der Waals surface area contributed by atoms with Crippen LogP contribution in [0.15, 0.2) is 36.0 Å². The lowest BCUT2D eigenvalue weighted by Crippen LogP contribution is -2.50. The Hall–Kier alpha value is -2.85. The zero-order valence-electron chi connectivity index (χ0n) is 26.1. The first-order valence-corrected chi connectivity index (χ1v) is 15.5. The van der Waals surface area contributed by atoms with E-state index in [1.165, 1.54) is 0 Å². The fourth-order valence-electron chi connectivity index (χ4n) is 5.37. The SMILES string of the molecule is C/C(=C\C=C\[C@@H](C)COC(=O)N1CCCC1)[C@H]1OC(=O)CCCC[C@](C)(O)[C@@H](OC(=O)N2CCN(C)CC2)/C=C/[C@@H]1C. The first kappa shape index (κ1) is 33.6. The Balaban J connectivity index is 1.67. The number of aliphatic hydroxyl groups is 1. The number of rotatable bonds is 6. The minimum absolute atomic E-state index is 0.0229. The highest BCUT2D eigenvalue weighted by atomic mass is 16.6. The number of allylic oxidation sites excluding steroid dienone is 2. The quantitative estimate of drug-likeness (QED) is 0.208. The van der Waals surface area contributed by atoms with E-state index in [0.717, 1.165) is 44.6 Å². The number of nitrogens with zero attached hydrogens (tertiary/aromatic N) is 3. The summed E-state index contributed by atoms with van der Waals surface area (Å²) in [4.78, 5) is 43.4. The lowest BCUT2D eigenvalue weighted by Gasteiger charge is -2.36. The highest BCUT2D eigenvalue weighted by Crippen LogP contribution is 2.27. The van der Waals surface area contributed by atoms with E-state index in [4.69, 9.17) is 14.2 Å². The van der Waals surface area contributed by atoms with E-state index in [0.29, 0.717) is 39.0 Å². The normalized spacial score (nSPS) is 30.3. The Labute approximate surface area is 251 Å². The molecule has 0 aromatic rings. The average Bonchev–Trinajstić information content (AvgIpc) is 3.50. The van der Waals surface area contributed by atoms with Gasteiger partial charge in [0.1, 0.15) is 11.7 Å². The van der Waals surface area contributed by atoms with Crippen LogP contribution in [-0.2, 0) is 19.0 Å². The number of carbonyl (C=O) groups excluding carboxylic acids is 3. The largest absolute Gasteiger partial charge is 0.457 e. The highest BCUT2D eigenvalue weighted by molar-refractivity contribution is 5.70. The van der Waals surface area contributed by atoms with E-state index in [9.17, 15) is 19.5 Å². The fourth-order valence-corrected chi connectivity index (χ4v) is 5.37. The number of likely N-dealkylation sites (tertiary alicyclic amines) is 1. The van der Waals surface area contributed by atoms with Crippen LogP contribution in [-0.4, -0.2) is 109 Å². The number of esters is 1. The summed E-state index contributed by atoms with van der Waals surface area (Å²) in [5.41, 5.74) is -0.424. The van der Waals surface area contributed by atoms with Gasteiger partial charge >= 0.3 is 18.2 Å². The molecule has 0 aliphatic carbocycles. The van der Waals surface area contributed by atoms with Gasteiger partial charge in [-0.2, -0.15) is 0 Å². The molecule has 236 valence electrons. The third-order valence-corrected chi connectivity index (χ3v) is 8.32. The molecule has 42 heavy (non-hydrogen) atoms. The van der Waals surface area contributed by atoms with Crippen LogP contribution in [0.1, 0.15) is 66.2 Å². The molecular formula is C32H51N3O7. The number of piperazine rings is 1. The summed E-state index contributed by atoms with van der Waals surface area (Å²) >= 11 is 0. The summed E-state index contributed by atoms with van der Waals surface area (Å²) in [7, 11) is 2.02. The van der Waals surface area contributed by atoms with Gasteiger partial charge < -0.3 is 34.0 Å². The lowest BCUT2D eigenvalue weighted by atomic mass is 9.89. The first-order valence-electron chi connectivity index (χ1n) is 15.5. The van der Waals surface area contributed by atoms with E-state index >= 15 is 0 Å². The lowest BCUT2D eigenvalue weighted by molar-refractivity contribution is -0.149. The standard InChI is InChI=1S/C32H51N3O7/c1-24(23-40-30(37)34-17-8-9-18-34)11-10-12-25(2)29-26(3)14-15-27(32(4,39)16-7-6-13-28(36)42-29)41-31(38)35-21-19-33(5)20-22-35/h10-12,14-15,24,26-27,29,39H,6-9,13,16-23H2,1-5H3/b11-10+,15-14+,25-12+/t24-,26+,27+,29-,32+/m1/s1. The maximum Gasteiger partial charge on any atom is 0.410 e. The molecule has 2 amide bonds. The van der Waals surface area contributed by atoms with Gasteiger partial charge in [0.2, 0.25) is 0 Å². The monoisotopic (exact) mass is 589 g/mol. The number of carbonyl (C=O) groups is 3. The summed E-state index contributed by atoms with van der Waals surface area (Å²) in [5.74, 6) is -0.496. The highest BCUT2D eigenvalue weighted by Gasteiger charge is 2.35. The van der Waals surface area contributed by atoms with Crippen LogP contribution in [0.25, 0.3) is 0 Å². The molecule has 0 spiro atoms. The second kappa shape index (κ2) is 16.1. The molecule has 1 N–H and O–H groups in total. The van der Waals surface area contributed by atoms with E-state index in [1.807, 2.05) is 52.1 Å². The first-order chi connectivity index (χ1) is 20.0. The molecule has 2 saturated heterocycles. The van der Waals surface area contributed by atoms with Gasteiger partial charge in [0.15, 0.2) is 6.10 Å². The van der Waals surface area contributed by atoms with Gasteiger partial charge in [0, 0.05) is 57.5 Å². The van der Waals surface area contributed by atoms with Gasteiger partial charge in [0.05, 0.1) is 6.61 Å². The smallest absolute Gasteiger partial charge is 0.410 e. The van der Waals surface area contributed by atoms with Crippen molar-refractivity contribution in [1.82, 2.24) is 14.7 Å². The Morgan fingerprint density at radius 3 is 2.43 bits per heavy atom. The molecular weight excluding hydrogens is 538 g/mol. The van der Waals surface area contributed by atoms with E-state index < -0.39 is 23.9 Å². The van der Waals surface area contributed by atoms with Crippen molar-refractivity contribution < 1.29 is 33.7 Å². The van der Waals surface area contributed by atoms with Crippen molar-refractivity contribution in [3.63, 3.8) is 0 Å². The molecule has 0 aromatic carbocycles. The molecule has 3 aliphatic rings. The predicted octanol–water partition coefficient (Wildman–Crippen LogP) is 4.54. The molecule has 0 aromatic heterocycles. The predicted molar refractivity (Wildman–Crippen MR) is 161 cm³/mol. The minimum Gasteiger partial charge on any atom is -0.457 e. The Morgan fingerprint density at radius 1 is 1.07 bits per heavy atom. The molecule has 3 aliphatic heterocycles. The van der Waals surface area contributed by atoms with Crippen molar-refractivity contribution in [1.29, 1.82) is 0 Å². The maximum absolute atomic E-state index is 13.0. The molecule has 3 heterocycles.